The van der Waals surface area contributed by atoms with Crippen molar-refractivity contribution in [3.05, 3.63) is 54.4 Å². The number of fused-ring (bicyclic) bond motifs is 1. The van der Waals surface area contributed by atoms with Crippen molar-refractivity contribution in [1.82, 2.24) is 9.97 Å². The van der Waals surface area contributed by atoms with Crippen molar-refractivity contribution in [1.29, 1.82) is 0 Å². The first kappa shape index (κ1) is 13.4. The smallest absolute Gasteiger partial charge is 0.230 e. The van der Waals surface area contributed by atoms with Crippen molar-refractivity contribution in [2.75, 3.05) is 5.73 Å². The lowest BCUT2D eigenvalue weighted by molar-refractivity contribution is 0.467. The molecule has 0 amide bonds. The second-order valence-electron chi connectivity index (χ2n) is 5.28. The number of hydrogen-bond donors (Lipinski definition) is 1. The van der Waals surface area contributed by atoms with Crippen LogP contribution in [0.15, 0.2) is 48.8 Å². The van der Waals surface area contributed by atoms with E-state index in [1.54, 1.807) is 0 Å². The zero-order chi connectivity index (χ0) is 14.8. The van der Waals surface area contributed by atoms with E-state index in [1.165, 1.54) is 11.9 Å². The number of nitrogens with two attached hydrogens (primary N) is 1. The van der Waals surface area contributed by atoms with Gasteiger partial charge in [0.15, 0.2) is 0 Å². The lowest BCUT2D eigenvalue weighted by atomic mass is 10.0. The molecule has 0 saturated heterocycles. The van der Waals surface area contributed by atoms with Crippen LogP contribution in [0.25, 0.3) is 10.9 Å². The summed E-state index contributed by atoms with van der Waals surface area (Å²) in [4.78, 5) is 8.45. The largest absolute Gasteiger partial charge is 0.438 e. The predicted molar refractivity (Wildman–Crippen MR) is 84.6 cm³/mol. The molecule has 21 heavy (non-hydrogen) atoms. The standard InChI is InChI=1S/C17H17N3O/c1-11(2)12-4-3-5-14(8-12)21-17-15-7-6-13(18)9-16(15)19-10-20-17/h3-11H,18H2,1-2H3. The van der Waals surface area contributed by atoms with Gasteiger partial charge < -0.3 is 10.5 Å². The molecule has 0 aliphatic heterocycles. The minimum atomic E-state index is 0.454. The van der Waals surface area contributed by atoms with Crippen molar-refractivity contribution in [3.8, 4) is 11.6 Å². The molecule has 4 nitrogen and oxygen atoms in total. The average Bonchev–Trinajstić information content (AvgIpc) is 2.47. The zero-order valence-corrected chi connectivity index (χ0v) is 12.1. The highest BCUT2D eigenvalue weighted by atomic mass is 16.5. The Morgan fingerprint density at radius 3 is 2.71 bits per heavy atom. The molecule has 2 N–H and O–H groups in total. The summed E-state index contributed by atoms with van der Waals surface area (Å²) in [5, 5.41) is 0.849. The van der Waals surface area contributed by atoms with Crippen LogP contribution in [0.2, 0.25) is 0 Å². The number of benzene rings is 2. The van der Waals surface area contributed by atoms with Gasteiger partial charge >= 0.3 is 0 Å². The number of rotatable bonds is 3. The number of hydrogen-bond acceptors (Lipinski definition) is 4. The Bertz CT molecular complexity index is 784. The molecular formula is C17H17N3O. The van der Waals surface area contributed by atoms with Crippen LogP contribution in [0.1, 0.15) is 25.3 Å². The molecule has 106 valence electrons. The summed E-state index contributed by atoms with van der Waals surface area (Å²) in [7, 11) is 0. The van der Waals surface area contributed by atoms with Gasteiger partial charge in [0.2, 0.25) is 5.88 Å². The fourth-order valence-corrected chi connectivity index (χ4v) is 2.18. The monoisotopic (exact) mass is 279 g/mol. The third-order valence-corrected chi connectivity index (χ3v) is 3.36. The highest BCUT2D eigenvalue weighted by Crippen LogP contribution is 2.29. The third kappa shape index (κ3) is 2.79. The molecule has 3 rings (SSSR count). The third-order valence-electron chi connectivity index (χ3n) is 3.36. The Morgan fingerprint density at radius 2 is 1.90 bits per heavy atom. The highest BCUT2D eigenvalue weighted by molar-refractivity contribution is 5.85. The second-order valence-corrected chi connectivity index (χ2v) is 5.28. The predicted octanol–water partition coefficient (Wildman–Crippen LogP) is 4.13. The fraction of sp³-hybridized carbons (Fsp3) is 0.176. The van der Waals surface area contributed by atoms with Crippen LogP contribution >= 0.6 is 0 Å². The molecule has 0 radical (unpaired) electrons. The van der Waals surface area contributed by atoms with Gasteiger partial charge in [-0.15, -0.1) is 0 Å². The molecule has 0 spiro atoms. The molecule has 0 bridgehead atoms. The highest BCUT2D eigenvalue weighted by Gasteiger charge is 2.07. The van der Waals surface area contributed by atoms with Crippen molar-refractivity contribution < 1.29 is 4.74 Å². The second kappa shape index (κ2) is 5.40. The van der Waals surface area contributed by atoms with Gasteiger partial charge in [-0.3, -0.25) is 0 Å². The molecule has 2 aromatic carbocycles. The SMILES string of the molecule is CC(C)c1cccc(Oc2ncnc3cc(N)ccc23)c1. The van der Waals surface area contributed by atoms with E-state index < -0.39 is 0 Å². The van der Waals surface area contributed by atoms with Crippen molar-refractivity contribution >= 4 is 16.6 Å². The van der Waals surface area contributed by atoms with E-state index in [0.717, 1.165) is 16.7 Å². The average molecular weight is 279 g/mol. The summed E-state index contributed by atoms with van der Waals surface area (Å²) in [5.74, 6) is 1.77. The van der Waals surface area contributed by atoms with E-state index in [1.807, 2.05) is 36.4 Å². The topological polar surface area (TPSA) is 61.0 Å². The fourth-order valence-electron chi connectivity index (χ4n) is 2.18. The van der Waals surface area contributed by atoms with E-state index in [9.17, 15) is 0 Å². The molecule has 0 aliphatic carbocycles. The Kier molecular flexibility index (Phi) is 3.44. The first-order valence-electron chi connectivity index (χ1n) is 6.91. The van der Waals surface area contributed by atoms with E-state index in [2.05, 4.69) is 29.9 Å². The van der Waals surface area contributed by atoms with Crippen molar-refractivity contribution in [2.24, 2.45) is 0 Å². The summed E-state index contributed by atoms with van der Waals surface area (Å²) in [6.07, 6.45) is 1.49. The van der Waals surface area contributed by atoms with Crippen molar-refractivity contribution in [3.63, 3.8) is 0 Å². The summed E-state index contributed by atoms with van der Waals surface area (Å²) >= 11 is 0. The van der Waals surface area contributed by atoms with Gasteiger partial charge in [-0.05, 0) is 41.8 Å². The van der Waals surface area contributed by atoms with E-state index in [-0.39, 0.29) is 0 Å². The van der Waals surface area contributed by atoms with Crippen LogP contribution in [0.4, 0.5) is 5.69 Å². The lowest BCUT2D eigenvalue weighted by Crippen LogP contribution is -1.94. The minimum Gasteiger partial charge on any atom is -0.438 e. The lowest BCUT2D eigenvalue weighted by Gasteiger charge is -2.10. The van der Waals surface area contributed by atoms with Gasteiger partial charge in [-0.2, -0.15) is 0 Å². The van der Waals surface area contributed by atoms with Crippen LogP contribution in [0.3, 0.4) is 0 Å². The minimum absolute atomic E-state index is 0.454. The maximum atomic E-state index is 5.93. The van der Waals surface area contributed by atoms with Gasteiger partial charge in [0, 0.05) is 5.69 Å². The molecular weight excluding hydrogens is 262 g/mol. The normalized spacial score (nSPS) is 11.0. The Hall–Kier alpha value is -2.62. The Labute approximate surface area is 123 Å². The van der Waals surface area contributed by atoms with Crippen molar-refractivity contribution in [2.45, 2.75) is 19.8 Å². The first-order valence-corrected chi connectivity index (χ1v) is 6.91. The molecule has 0 saturated carbocycles. The summed E-state index contributed by atoms with van der Waals surface area (Å²) < 4.78 is 5.93. The molecule has 0 aliphatic rings. The van der Waals surface area contributed by atoms with Gasteiger partial charge in [0.05, 0.1) is 10.9 Å². The van der Waals surface area contributed by atoms with Gasteiger partial charge in [0.1, 0.15) is 12.1 Å². The number of anilines is 1. The van der Waals surface area contributed by atoms with E-state index in [4.69, 9.17) is 10.5 Å². The zero-order valence-electron chi connectivity index (χ0n) is 12.1. The molecule has 0 unspecified atom stereocenters. The molecule has 0 fully saturated rings. The van der Waals surface area contributed by atoms with E-state index >= 15 is 0 Å². The number of ether oxygens (including phenoxy) is 1. The molecule has 1 aromatic heterocycles. The number of aromatic nitrogens is 2. The molecule has 4 heteroatoms. The van der Waals surface area contributed by atoms with E-state index in [0.29, 0.717) is 17.5 Å². The van der Waals surface area contributed by atoms with Gasteiger partial charge in [0.25, 0.3) is 0 Å². The maximum Gasteiger partial charge on any atom is 0.230 e. The maximum absolute atomic E-state index is 5.93. The Morgan fingerprint density at radius 1 is 1.05 bits per heavy atom. The number of nitrogens with zero attached hydrogens (tertiary/aromatic N) is 2. The summed E-state index contributed by atoms with van der Waals surface area (Å²) in [6.45, 7) is 4.31. The summed E-state index contributed by atoms with van der Waals surface area (Å²) in [6, 6.07) is 13.6. The van der Waals surface area contributed by atoms with Gasteiger partial charge in [-0.1, -0.05) is 26.0 Å². The quantitative estimate of drug-likeness (QED) is 0.732. The number of nitrogen functional groups attached to an aromatic ring is 1. The summed E-state index contributed by atoms with van der Waals surface area (Å²) in [5.41, 5.74) is 8.46. The molecule has 1 heterocycles. The Balaban J connectivity index is 2.00. The molecule has 0 atom stereocenters. The van der Waals surface area contributed by atoms with Crippen LogP contribution in [0.5, 0.6) is 11.6 Å². The first-order chi connectivity index (χ1) is 10.1. The van der Waals surface area contributed by atoms with Gasteiger partial charge in [-0.25, -0.2) is 9.97 Å². The van der Waals surface area contributed by atoms with Crippen LogP contribution < -0.4 is 10.5 Å². The van der Waals surface area contributed by atoms with Crippen LogP contribution in [-0.2, 0) is 0 Å². The molecule has 3 aromatic rings. The van der Waals surface area contributed by atoms with Crippen LogP contribution in [-0.4, -0.2) is 9.97 Å². The van der Waals surface area contributed by atoms with Crippen LogP contribution in [0, 0.1) is 0 Å².